The molecular weight excluding hydrogens is 304 g/mol. The topological polar surface area (TPSA) is 121 Å². The summed E-state index contributed by atoms with van der Waals surface area (Å²) in [5.41, 5.74) is 0.311. The standard InChI is InChI=1S/C16H12O7/c1-23-13-7-8(14(17)18)2-3-12(13)9-4-10(15(19)20)6-11(5-9)16(21)22/h2-7H,1H3,(H,17,18)(H,19,20)(H,21,22). The zero-order valence-electron chi connectivity index (χ0n) is 11.9. The summed E-state index contributed by atoms with van der Waals surface area (Å²) in [5.74, 6) is -3.48. The first-order valence-corrected chi connectivity index (χ1v) is 6.37. The van der Waals surface area contributed by atoms with Crippen LogP contribution in [0.25, 0.3) is 11.1 Å². The molecule has 0 atom stereocenters. The van der Waals surface area contributed by atoms with Crippen LogP contribution in [0.15, 0.2) is 36.4 Å². The Morgan fingerprint density at radius 2 is 1.30 bits per heavy atom. The Hall–Kier alpha value is -3.35. The van der Waals surface area contributed by atoms with Crippen molar-refractivity contribution < 1.29 is 34.4 Å². The molecule has 0 saturated heterocycles. The quantitative estimate of drug-likeness (QED) is 0.774. The Labute approximate surface area is 130 Å². The Balaban J connectivity index is 2.68. The van der Waals surface area contributed by atoms with Crippen molar-refractivity contribution in [2.45, 2.75) is 0 Å². The summed E-state index contributed by atoms with van der Waals surface area (Å²) in [6, 6.07) is 7.70. The summed E-state index contributed by atoms with van der Waals surface area (Å²) in [6.07, 6.45) is 0. The average Bonchev–Trinajstić information content (AvgIpc) is 2.53. The maximum atomic E-state index is 11.2. The van der Waals surface area contributed by atoms with Gasteiger partial charge in [-0.3, -0.25) is 0 Å². The third-order valence-corrected chi connectivity index (χ3v) is 3.19. The molecule has 0 aliphatic heterocycles. The van der Waals surface area contributed by atoms with E-state index in [1.165, 1.54) is 37.4 Å². The van der Waals surface area contributed by atoms with E-state index in [4.69, 9.17) is 20.1 Å². The highest BCUT2D eigenvalue weighted by atomic mass is 16.5. The molecule has 0 amide bonds. The molecule has 2 aromatic rings. The summed E-state index contributed by atoms with van der Waals surface area (Å²) in [5, 5.41) is 27.2. The van der Waals surface area contributed by atoms with Gasteiger partial charge in [0.2, 0.25) is 0 Å². The number of hydrogen-bond acceptors (Lipinski definition) is 4. The smallest absolute Gasteiger partial charge is 0.335 e. The number of rotatable bonds is 5. The molecule has 0 fully saturated rings. The van der Waals surface area contributed by atoms with Crippen molar-refractivity contribution >= 4 is 17.9 Å². The van der Waals surface area contributed by atoms with Crippen LogP contribution >= 0.6 is 0 Å². The highest BCUT2D eigenvalue weighted by Gasteiger charge is 2.16. The SMILES string of the molecule is COc1cc(C(=O)O)ccc1-c1cc(C(=O)O)cc(C(=O)O)c1. The lowest BCUT2D eigenvalue weighted by Crippen LogP contribution is -2.04. The summed E-state index contributed by atoms with van der Waals surface area (Å²) in [7, 11) is 1.34. The molecule has 0 spiro atoms. The van der Waals surface area contributed by atoms with Gasteiger partial charge in [-0.15, -0.1) is 0 Å². The van der Waals surface area contributed by atoms with Crippen molar-refractivity contribution in [3.05, 3.63) is 53.1 Å². The van der Waals surface area contributed by atoms with Crippen LogP contribution in [-0.2, 0) is 0 Å². The first-order chi connectivity index (χ1) is 10.8. The minimum absolute atomic E-state index is 0.00144. The van der Waals surface area contributed by atoms with Gasteiger partial charge in [0.15, 0.2) is 0 Å². The third kappa shape index (κ3) is 3.29. The number of hydrogen-bond donors (Lipinski definition) is 3. The normalized spacial score (nSPS) is 10.1. The van der Waals surface area contributed by atoms with Crippen molar-refractivity contribution in [1.82, 2.24) is 0 Å². The van der Waals surface area contributed by atoms with Gasteiger partial charge in [-0.1, -0.05) is 0 Å². The predicted octanol–water partition coefficient (Wildman–Crippen LogP) is 2.46. The van der Waals surface area contributed by atoms with E-state index in [1.807, 2.05) is 0 Å². The van der Waals surface area contributed by atoms with Gasteiger partial charge in [-0.2, -0.15) is 0 Å². The van der Waals surface area contributed by atoms with Crippen LogP contribution in [-0.4, -0.2) is 40.3 Å². The predicted molar refractivity (Wildman–Crippen MR) is 79.3 cm³/mol. The van der Waals surface area contributed by atoms with Gasteiger partial charge in [-0.25, -0.2) is 14.4 Å². The summed E-state index contributed by atoms with van der Waals surface area (Å²) >= 11 is 0. The average molecular weight is 316 g/mol. The fraction of sp³-hybridized carbons (Fsp3) is 0.0625. The molecule has 7 heteroatoms. The van der Waals surface area contributed by atoms with Gasteiger partial charge >= 0.3 is 17.9 Å². The minimum atomic E-state index is -1.27. The Morgan fingerprint density at radius 1 is 0.783 bits per heavy atom. The number of carbonyl (C=O) groups is 3. The zero-order valence-corrected chi connectivity index (χ0v) is 11.9. The van der Waals surface area contributed by atoms with Gasteiger partial charge in [-0.05, 0) is 42.0 Å². The molecule has 0 saturated carbocycles. The molecule has 7 nitrogen and oxygen atoms in total. The van der Waals surface area contributed by atoms with E-state index in [0.717, 1.165) is 6.07 Å². The van der Waals surface area contributed by atoms with E-state index in [2.05, 4.69) is 0 Å². The lowest BCUT2D eigenvalue weighted by molar-refractivity contribution is 0.0682. The Bertz CT molecular complexity index is 776. The van der Waals surface area contributed by atoms with E-state index in [-0.39, 0.29) is 22.4 Å². The van der Waals surface area contributed by atoms with Crippen molar-refractivity contribution in [2.75, 3.05) is 7.11 Å². The van der Waals surface area contributed by atoms with Crippen molar-refractivity contribution in [3.8, 4) is 16.9 Å². The van der Waals surface area contributed by atoms with Gasteiger partial charge in [0.1, 0.15) is 5.75 Å². The van der Waals surface area contributed by atoms with Crippen LogP contribution in [0.3, 0.4) is 0 Å². The minimum Gasteiger partial charge on any atom is -0.496 e. The van der Waals surface area contributed by atoms with Crippen LogP contribution in [0.5, 0.6) is 5.75 Å². The summed E-state index contributed by atoms with van der Waals surface area (Å²) in [4.78, 5) is 33.3. The van der Waals surface area contributed by atoms with Crippen LogP contribution in [0.2, 0.25) is 0 Å². The third-order valence-electron chi connectivity index (χ3n) is 3.19. The van der Waals surface area contributed by atoms with E-state index in [1.54, 1.807) is 0 Å². The maximum Gasteiger partial charge on any atom is 0.335 e. The van der Waals surface area contributed by atoms with Crippen LogP contribution in [0.4, 0.5) is 0 Å². The molecular formula is C16H12O7. The number of carboxylic acid groups (broad SMARTS) is 3. The Morgan fingerprint density at radius 3 is 1.74 bits per heavy atom. The van der Waals surface area contributed by atoms with Crippen LogP contribution < -0.4 is 4.74 Å². The molecule has 23 heavy (non-hydrogen) atoms. The van der Waals surface area contributed by atoms with E-state index in [9.17, 15) is 14.4 Å². The molecule has 0 aliphatic rings. The molecule has 0 radical (unpaired) electrons. The highest BCUT2D eigenvalue weighted by molar-refractivity contribution is 5.97. The molecule has 0 aliphatic carbocycles. The van der Waals surface area contributed by atoms with Crippen molar-refractivity contribution in [2.24, 2.45) is 0 Å². The van der Waals surface area contributed by atoms with Crippen LogP contribution in [0.1, 0.15) is 31.1 Å². The van der Waals surface area contributed by atoms with Crippen molar-refractivity contribution in [1.29, 1.82) is 0 Å². The first kappa shape index (κ1) is 16.0. The largest absolute Gasteiger partial charge is 0.496 e. The number of ether oxygens (including phenoxy) is 1. The zero-order chi connectivity index (χ0) is 17.1. The van der Waals surface area contributed by atoms with E-state index in [0.29, 0.717) is 11.1 Å². The summed E-state index contributed by atoms with van der Waals surface area (Å²) in [6.45, 7) is 0. The number of benzene rings is 2. The molecule has 0 unspecified atom stereocenters. The van der Waals surface area contributed by atoms with E-state index >= 15 is 0 Å². The molecule has 2 aromatic carbocycles. The van der Waals surface area contributed by atoms with Gasteiger partial charge in [0.25, 0.3) is 0 Å². The number of aromatic carboxylic acids is 3. The molecule has 118 valence electrons. The second kappa shape index (κ2) is 6.18. The molecule has 0 aromatic heterocycles. The van der Waals surface area contributed by atoms with E-state index < -0.39 is 17.9 Å². The molecule has 2 rings (SSSR count). The number of methoxy groups -OCH3 is 1. The van der Waals surface area contributed by atoms with Gasteiger partial charge in [0.05, 0.1) is 23.8 Å². The highest BCUT2D eigenvalue weighted by Crippen LogP contribution is 2.32. The number of carboxylic acids is 3. The second-order valence-electron chi connectivity index (χ2n) is 4.63. The lowest BCUT2D eigenvalue weighted by atomic mass is 9.98. The van der Waals surface area contributed by atoms with Crippen molar-refractivity contribution in [3.63, 3.8) is 0 Å². The fourth-order valence-electron chi connectivity index (χ4n) is 2.09. The fourth-order valence-corrected chi connectivity index (χ4v) is 2.09. The monoisotopic (exact) mass is 316 g/mol. The second-order valence-corrected chi connectivity index (χ2v) is 4.63. The first-order valence-electron chi connectivity index (χ1n) is 6.37. The maximum absolute atomic E-state index is 11.2. The molecule has 3 N–H and O–H groups in total. The summed E-state index contributed by atoms with van der Waals surface area (Å²) < 4.78 is 5.13. The Kier molecular flexibility index (Phi) is 4.31. The van der Waals surface area contributed by atoms with Gasteiger partial charge in [0, 0.05) is 5.56 Å². The van der Waals surface area contributed by atoms with Gasteiger partial charge < -0.3 is 20.1 Å². The van der Waals surface area contributed by atoms with Crippen LogP contribution in [0, 0.1) is 0 Å². The lowest BCUT2D eigenvalue weighted by Gasteiger charge is -2.11. The molecule has 0 bridgehead atoms. The molecule has 0 heterocycles.